The highest BCUT2D eigenvalue weighted by atomic mass is 35.5. The molecule has 0 radical (unpaired) electrons. The lowest BCUT2D eigenvalue weighted by atomic mass is 10.2. The van der Waals surface area contributed by atoms with Crippen LogP contribution in [0.4, 0.5) is 5.69 Å². The number of aromatic nitrogens is 2. The summed E-state index contributed by atoms with van der Waals surface area (Å²) in [6.07, 6.45) is 3.96. The highest BCUT2D eigenvalue weighted by Crippen LogP contribution is 2.24. The summed E-state index contributed by atoms with van der Waals surface area (Å²) in [6.45, 7) is 5.92. The van der Waals surface area contributed by atoms with Crippen LogP contribution in [0.5, 0.6) is 0 Å². The van der Waals surface area contributed by atoms with E-state index >= 15 is 0 Å². The van der Waals surface area contributed by atoms with Gasteiger partial charge in [-0.1, -0.05) is 11.6 Å². The van der Waals surface area contributed by atoms with Crippen molar-refractivity contribution in [2.24, 2.45) is 0 Å². The van der Waals surface area contributed by atoms with Crippen LogP contribution in [0, 0.1) is 0 Å². The first kappa shape index (κ1) is 19.6. The number of quaternary nitrogens is 1. The lowest BCUT2D eigenvalue weighted by Gasteiger charge is -2.33. The van der Waals surface area contributed by atoms with Crippen LogP contribution in [0.1, 0.15) is 39.3 Å². The van der Waals surface area contributed by atoms with E-state index in [4.69, 9.17) is 16.3 Å². The topological polar surface area (TPSA) is 85.9 Å². The maximum absolute atomic E-state index is 12.6. The average molecular weight is 406 g/mol. The molecule has 0 bridgehead atoms. The van der Waals surface area contributed by atoms with Crippen LogP contribution < -0.4 is 14.8 Å². The van der Waals surface area contributed by atoms with Gasteiger partial charge in [-0.15, -0.1) is 0 Å². The molecule has 1 aromatic rings. The maximum atomic E-state index is 12.6. The largest absolute Gasteiger partial charge is 0.357 e. The van der Waals surface area contributed by atoms with E-state index in [9.17, 15) is 13.2 Å². The Balaban J connectivity index is 1.75. The Morgan fingerprint density at radius 1 is 1.31 bits per heavy atom. The van der Waals surface area contributed by atoms with Crippen molar-refractivity contribution < 1.29 is 17.5 Å². The first-order valence-corrected chi connectivity index (χ1v) is 11.0. The van der Waals surface area contributed by atoms with E-state index in [-0.39, 0.29) is 16.8 Å². The van der Waals surface area contributed by atoms with Crippen LogP contribution in [-0.2, 0) is 14.8 Å². The Bertz CT molecular complexity index is 797. The van der Waals surface area contributed by atoms with Gasteiger partial charge in [-0.25, -0.2) is 4.31 Å². The standard InChI is InChI=1S/C16H25ClN4O4S/c1-12(2)26(23,24)20-8-6-19(7-9-20)13-11-18-21(16(22)15(13)17)14-5-3-4-10-25-14/h11-12,14H,3-10H2,1-2H3/p+1. The molecule has 0 spiro atoms. The Labute approximate surface area is 158 Å². The molecule has 3 heterocycles. The number of nitrogens with one attached hydrogen (secondary N) is 1. The molecule has 146 valence electrons. The van der Waals surface area contributed by atoms with Crippen molar-refractivity contribution in [2.75, 3.05) is 37.7 Å². The van der Waals surface area contributed by atoms with Crippen LogP contribution in [0.3, 0.4) is 0 Å². The number of nitrogens with zero attached hydrogens (tertiary/aromatic N) is 3. The summed E-state index contributed by atoms with van der Waals surface area (Å²) >= 11 is 6.33. The predicted octanol–water partition coefficient (Wildman–Crippen LogP) is 0.0389. The van der Waals surface area contributed by atoms with Gasteiger partial charge in [0, 0.05) is 6.61 Å². The number of halogens is 1. The van der Waals surface area contributed by atoms with E-state index in [1.165, 1.54) is 4.68 Å². The molecule has 2 aliphatic rings. The van der Waals surface area contributed by atoms with Crippen molar-refractivity contribution in [3.05, 3.63) is 21.6 Å². The van der Waals surface area contributed by atoms with E-state index < -0.39 is 15.3 Å². The Morgan fingerprint density at radius 3 is 2.58 bits per heavy atom. The molecule has 1 aromatic heterocycles. The second kappa shape index (κ2) is 7.84. The minimum atomic E-state index is -3.19. The fourth-order valence-electron chi connectivity index (χ4n) is 3.39. The minimum Gasteiger partial charge on any atom is -0.357 e. The van der Waals surface area contributed by atoms with Crippen molar-refractivity contribution in [3.8, 4) is 0 Å². The molecule has 0 aliphatic carbocycles. The first-order chi connectivity index (χ1) is 12.3. The van der Waals surface area contributed by atoms with Crippen LogP contribution in [0.15, 0.2) is 11.0 Å². The summed E-state index contributed by atoms with van der Waals surface area (Å²) in [4.78, 5) is 14.5. The number of sulfonamides is 1. The van der Waals surface area contributed by atoms with Crippen LogP contribution in [-0.4, -0.2) is 56.2 Å². The zero-order chi connectivity index (χ0) is 18.9. The molecule has 0 saturated carbocycles. The van der Waals surface area contributed by atoms with Gasteiger partial charge in [0.1, 0.15) is 23.4 Å². The summed E-state index contributed by atoms with van der Waals surface area (Å²) in [5.41, 5.74) is 0.199. The van der Waals surface area contributed by atoms with Gasteiger partial charge in [0.15, 0.2) is 6.23 Å². The van der Waals surface area contributed by atoms with E-state index in [0.29, 0.717) is 42.8 Å². The van der Waals surface area contributed by atoms with Gasteiger partial charge in [-0.2, -0.15) is 18.2 Å². The van der Waals surface area contributed by atoms with Gasteiger partial charge in [0.25, 0.3) is 15.6 Å². The molecule has 26 heavy (non-hydrogen) atoms. The van der Waals surface area contributed by atoms with Gasteiger partial charge in [0.05, 0.1) is 25.0 Å². The molecule has 0 aromatic carbocycles. The number of piperazine rings is 1. The number of hydrogen-bond acceptors (Lipinski definition) is 6. The maximum Gasteiger partial charge on any atom is 0.297 e. The molecule has 2 fully saturated rings. The third-order valence-corrected chi connectivity index (χ3v) is 7.85. The van der Waals surface area contributed by atoms with Gasteiger partial charge in [-0.05, 0) is 33.1 Å². The lowest BCUT2D eigenvalue weighted by molar-refractivity contribution is -0.768. The molecule has 1 N–H and O–H groups in total. The van der Waals surface area contributed by atoms with E-state index in [1.807, 2.05) is 4.90 Å². The molecule has 1 atom stereocenters. The molecule has 2 aliphatic heterocycles. The van der Waals surface area contributed by atoms with Crippen molar-refractivity contribution in [1.29, 1.82) is 0 Å². The SMILES string of the molecule is CC(C)S(=O)(=O)[NH+]1CCN(c2cnn(C3CCCCO3)c(=O)c2Cl)CC1. The summed E-state index contributed by atoms with van der Waals surface area (Å²) in [5, 5.41) is 3.97. The number of anilines is 1. The monoisotopic (exact) mass is 405 g/mol. The summed E-state index contributed by atoms with van der Waals surface area (Å²) in [5.74, 6) is 0. The van der Waals surface area contributed by atoms with E-state index in [0.717, 1.165) is 19.3 Å². The fourth-order valence-corrected chi connectivity index (χ4v) is 5.07. The zero-order valence-electron chi connectivity index (χ0n) is 15.1. The average Bonchev–Trinajstić information content (AvgIpc) is 2.64. The van der Waals surface area contributed by atoms with E-state index in [1.54, 1.807) is 20.0 Å². The molecule has 8 nitrogen and oxygen atoms in total. The Morgan fingerprint density at radius 2 is 2.00 bits per heavy atom. The van der Waals surface area contributed by atoms with Crippen molar-refractivity contribution in [2.45, 2.75) is 44.6 Å². The smallest absolute Gasteiger partial charge is 0.297 e. The van der Waals surface area contributed by atoms with Crippen molar-refractivity contribution in [3.63, 3.8) is 0 Å². The third-order valence-electron chi connectivity index (χ3n) is 5.04. The summed E-state index contributed by atoms with van der Waals surface area (Å²) in [7, 11) is -3.19. The first-order valence-electron chi connectivity index (χ1n) is 9.05. The third kappa shape index (κ3) is 3.76. The van der Waals surface area contributed by atoms with Crippen molar-refractivity contribution >= 4 is 27.3 Å². The number of hydrogen-bond donors (Lipinski definition) is 1. The van der Waals surface area contributed by atoms with Gasteiger partial charge in [0.2, 0.25) is 0 Å². The molecule has 2 saturated heterocycles. The summed E-state index contributed by atoms with van der Waals surface area (Å²) in [6, 6.07) is 0. The highest BCUT2D eigenvalue weighted by Gasteiger charge is 2.34. The highest BCUT2D eigenvalue weighted by molar-refractivity contribution is 7.85. The number of ether oxygens (including phenoxy) is 1. The van der Waals surface area contributed by atoms with E-state index in [2.05, 4.69) is 5.10 Å². The second-order valence-corrected chi connectivity index (χ2v) is 10.0. The molecule has 3 rings (SSSR count). The predicted molar refractivity (Wildman–Crippen MR) is 99.3 cm³/mol. The quantitative estimate of drug-likeness (QED) is 0.761. The fraction of sp³-hybridized carbons (Fsp3) is 0.750. The van der Waals surface area contributed by atoms with Gasteiger partial charge in [-0.3, -0.25) is 4.79 Å². The minimum absolute atomic E-state index is 0.115. The molecule has 10 heteroatoms. The van der Waals surface area contributed by atoms with Crippen LogP contribution >= 0.6 is 11.6 Å². The second-order valence-electron chi connectivity index (χ2n) is 7.03. The Hall–Kier alpha value is -1.16. The Kier molecular flexibility index (Phi) is 5.91. The summed E-state index contributed by atoms with van der Waals surface area (Å²) < 4.78 is 32.1. The molecular weight excluding hydrogens is 380 g/mol. The van der Waals surface area contributed by atoms with Gasteiger partial charge >= 0.3 is 0 Å². The molecular formula is C16H26ClN4O4S+. The normalized spacial score (nSPS) is 22.8. The van der Waals surface area contributed by atoms with Crippen LogP contribution in [0.25, 0.3) is 0 Å². The lowest BCUT2D eigenvalue weighted by Crippen LogP contribution is -3.17. The van der Waals surface area contributed by atoms with Crippen LogP contribution in [0.2, 0.25) is 5.02 Å². The molecule has 1 unspecified atom stereocenters. The van der Waals surface area contributed by atoms with Gasteiger partial charge < -0.3 is 9.64 Å². The number of rotatable bonds is 4. The van der Waals surface area contributed by atoms with Crippen molar-refractivity contribution in [1.82, 2.24) is 9.78 Å². The molecule has 0 amide bonds. The zero-order valence-corrected chi connectivity index (χ0v) is 16.7.